The zero-order valence-corrected chi connectivity index (χ0v) is 18.1. The average molecular weight is 445 g/mol. The summed E-state index contributed by atoms with van der Waals surface area (Å²) < 4.78 is 0. The third-order valence-corrected chi connectivity index (χ3v) is 5.42. The molecule has 1 aromatic carbocycles. The molecule has 10 nitrogen and oxygen atoms in total. The molecule has 1 aliphatic heterocycles. The van der Waals surface area contributed by atoms with E-state index >= 15 is 0 Å². The largest absolute Gasteiger partial charge is 0.339 e. The van der Waals surface area contributed by atoms with Crippen molar-refractivity contribution in [1.29, 1.82) is 0 Å². The molecule has 1 aliphatic rings. The molecule has 164 valence electrons. The van der Waals surface area contributed by atoms with Crippen LogP contribution in [0.3, 0.4) is 0 Å². The number of benzene rings is 1. The SMILES string of the molecule is CC(=O)Nc1ccc(NC(=O)Cc2csc(NC(=O)N3CCN(C(C)=O)CC3)n2)cc1. The molecule has 11 heteroatoms. The van der Waals surface area contributed by atoms with E-state index in [1.165, 1.54) is 25.2 Å². The van der Waals surface area contributed by atoms with E-state index in [1.807, 2.05) is 0 Å². The van der Waals surface area contributed by atoms with Crippen LogP contribution in [0.1, 0.15) is 19.5 Å². The van der Waals surface area contributed by atoms with Crippen LogP contribution in [0, 0.1) is 0 Å². The minimum absolute atomic E-state index is 0.00608. The number of carbonyl (C=O) groups excluding carboxylic acids is 4. The van der Waals surface area contributed by atoms with Crippen LogP contribution in [-0.4, -0.2) is 64.7 Å². The standard InChI is InChI=1S/C20H24N6O4S/c1-13(27)21-15-3-5-16(6-4-15)22-18(29)11-17-12-31-19(23-17)24-20(30)26-9-7-25(8-10-26)14(2)28/h3-6,12H,7-11H2,1-2H3,(H,21,27)(H,22,29)(H,23,24,30). The molecular weight excluding hydrogens is 420 g/mol. The molecular formula is C20H24N6O4S. The zero-order valence-electron chi connectivity index (χ0n) is 17.3. The Morgan fingerprint density at radius 3 is 2.06 bits per heavy atom. The fraction of sp³-hybridized carbons (Fsp3) is 0.350. The van der Waals surface area contributed by atoms with E-state index in [1.54, 1.807) is 39.4 Å². The minimum Gasteiger partial charge on any atom is -0.339 e. The van der Waals surface area contributed by atoms with E-state index in [2.05, 4.69) is 20.9 Å². The second kappa shape index (κ2) is 10.0. The number of piperazine rings is 1. The van der Waals surface area contributed by atoms with E-state index < -0.39 is 0 Å². The van der Waals surface area contributed by atoms with Gasteiger partial charge in [-0.3, -0.25) is 19.7 Å². The van der Waals surface area contributed by atoms with E-state index in [-0.39, 0.29) is 30.2 Å². The van der Waals surface area contributed by atoms with Crippen molar-refractivity contribution in [3.05, 3.63) is 35.3 Å². The second-order valence-electron chi connectivity index (χ2n) is 7.05. The molecule has 3 N–H and O–H groups in total. The molecule has 2 aromatic rings. The van der Waals surface area contributed by atoms with Gasteiger partial charge in [-0.25, -0.2) is 9.78 Å². The Balaban J connectivity index is 1.47. The smallest absolute Gasteiger partial charge is 0.323 e. The molecule has 0 bridgehead atoms. The van der Waals surface area contributed by atoms with Crippen molar-refractivity contribution in [1.82, 2.24) is 14.8 Å². The van der Waals surface area contributed by atoms with Crippen molar-refractivity contribution >= 4 is 51.6 Å². The first kappa shape index (κ1) is 22.2. The van der Waals surface area contributed by atoms with Gasteiger partial charge in [0.15, 0.2) is 5.13 Å². The lowest BCUT2D eigenvalue weighted by Gasteiger charge is -2.33. The number of nitrogens with zero attached hydrogens (tertiary/aromatic N) is 3. The lowest BCUT2D eigenvalue weighted by Crippen LogP contribution is -2.51. The number of urea groups is 1. The van der Waals surface area contributed by atoms with Gasteiger partial charge < -0.3 is 20.4 Å². The van der Waals surface area contributed by atoms with Crippen LogP contribution in [0.25, 0.3) is 0 Å². The molecule has 1 aromatic heterocycles. The van der Waals surface area contributed by atoms with Crippen LogP contribution in [0.2, 0.25) is 0 Å². The number of amides is 5. The summed E-state index contributed by atoms with van der Waals surface area (Å²) in [6.07, 6.45) is 0.0666. The lowest BCUT2D eigenvalue weighted by atomic mass is 10.2. The molecule has 0 saturated carbocycles. The van der Waals surface area contributed by atoms with Crippen LogP contribution < -0.4 is 16.0 Å². The zero-order chi connectivity index (χ0) is 22.4. The van der Waals surface area contributed by atoms with Gasteiger partial charge in [0.1, 0.15) is 0 Å². The quantitative estimate of drug-likeness (QED) is 0.651. The molecule has 1 saturated heterocycles. The Morgan fingerprint density at radius 2 is 1.48 bits per heavy atom. The van der Waals surface area contributed by atoms with Gasteiger partial charge in [-0.1, -0.05) is 0 Å². The fourth-order valence-electron chi connectivity index (χ4n) is 3.05. The monoisotopic (exact) mass is 444 g/mol. The molecule has 5 amide bonds. The van der Waals surface area contributed by atoms with Crippen molar-refractivity contribution in [2.75, 3.05) is 42.1 Å². The van der Waals surface area contributed by atoms with Gasteiger partial charge >= 0.3 is 6.03 Å². The van der Waals surface area contributed by atoms with E-state index in [9.17, 15) is 19.2 Å². The molecule has 2 heterocycles. The number of aromatic nitrogens is 1. The summed E-state index contributed by atoms with van der Waals surface area (Å²) in [6, 6.07) is 6.52. The highest BCUT2D eigenvalue weighted by molar-refractivity contribution is 7.13. The third-order valence-electron chi connectivity index (χ3n) is 4.61. The average Bonchev–Trinajstić information content (AvgIpc) is 3.15. The van der Waals surface area contributed by atoms with E-state index in [0.29, 0.717) is 48.4 Å². The Morgan fingerprint density at radius 1 is 0.903 bits per heavy atom. The first-order valence-electron chi connectivity index (χ1n) is 9.73. The van der Waals surface area contributed by atoms with Crippen molar-refractivity contribution in [2.24, 2.45) is 0 Å². The van der Waals surface area contributed by atoms with Crippen molar-refractivity contribution < 1.29 is 19.2 Å². The third kappa shape index (κ3) is 6.51. The highest BCUT2D eigenvalue weighted by Crippen LogP contribution is 2.18. The van der Waals surface area contributed by atoms with Gasteiger partial charge in [0.25, 0.3) is 0 Å². The van der Waals surface area contributed by atoms with Gasteiger partial charge in [-0.2, -0.15) is 0 Å². The van der Waals surface area contributed by atoms with Crippen molar-refractivity contribution in [3.63, 3.8) is 0 Å². The number of hydrogen-bond donors (Lipinski definition) is 3. The maximum Gasteiger partial charge on any atom is 0.323 e. The van der Waals surface area contributed by atoms with Crippen molar-refractivity contribution in [2.45, 2.75) is 20.3 Å². The van der Waals surface area contributed by atoms with Crippen LogP contribution in [0.15, 0.2) is 29.6 Å². The Labute approximate surface area is 183 Å². The maximum atomic E-state index is 12.4. The molecule has 0 spiro atoms. The number of anilines is 3. The first-order valence-corrected chi connectivity index (χ1v) is 10.6. The topological polar surface area (TPSA) is 124 Å². The predicted octanol–water partition coefficient (Wildman–Crippen LogP) is 1.98. The van der Waals surface area contributed by atoms with E-state index in [0.717, 1.165) is 0 Å². The summed E-state index contributed by atoms with van der Waals surface area (Å²) in [6.45, 7) is 4.90. The van der Waals surface area contributed by atoms with Gasteiger partial charge in [-0.15, -0.1) is 11.3 Å². The number of hydrogen-bond acceptors (Lipinski definition) is 6. The molecule has 0 unspecified atom stereocenters. The summed E-state index contributed by atoms with van der Waals surface area (Å²) in [4.78, 5) is 54.7. The Hall–Kier alpha value is -3.47. The van der Waals surface area contributed by atoms with Crippen molar-refractivity contribution in [3.8, 4) is 0 Å². The lowest BCUT2D eigenvalue weighted by molar-refractivity contribution is -0.130. The highest BCUT2D eigenvalue weighted by atomic mass is 32.1. The van der Waals surface area contributed by atoms with Crippen LogP contribution in [0.5, 0.6) is 0 Å². The number of thiazole rings is 1. The molecule has 0 aliphatic carbocycles. The Bertz CT molecular complexity index is 966. The normalized spacial score (nSPS) is 13.5. The summed E-state index contributed by atoms with van der Waals surface area (Å²) in [5.74, 6) is -0.399. The number of nitrogens with one attached hydrogen (secondary N) is 3. The highest BCUT2D eigenvalue weighted by Gasteiger charge is 2.23. The molecule has 31 heavy (non-hydrogen) atoms. The first-order chi connectivity index (χ1) is 14.8. The number of carbonyl (C=O) groups is 4. The minimum atomic E-state index is -0.271. The van der Waals surface area contributed by atoms with Crippen LogP contribution in [0.4, 0.5) is 21.3 Å². The van der Waals surface area contributed by atoms with Gasteiger partial charge in [-0.05, 0) is 24.3 Å². The van der Waals surface area contributed by atoms with Gasteiger partial charge in [0, 0.05) is 56.8 Å². The van der Waals surface area contributed by atoms with Crippen LogP contribution >= 0.6 is 11.3 Å². The van der Waals surface area contributed by atoms with E-state index in [4.69, 9.17) is 0 Å². The Kier molecular flexibility index (Phi) is 7.19. The molecule has 3 rings (SSSR count). The summed E-state index contributed by atoms with van der Waals surface area (Å²) in [5, 5.41) is 10.3. The second-order valence-corrected chi connectivity index (χ2v) is 7.91. The van der Waals surface area contributed by atoms with Gasteiger partial charge in [0.2, 0.25) is 17.7 Å². The summed E-state index contributed by atoms with van der Waals surface area (Å²) in [7, 11) is 0. The molecule has 0 atom stereocenters. The summed E-state index contributed by atoms with van der Waals surface area (Å²) >= 11 is 1.25. The van der Waals surface area contributed by atoms with Gasteiger partial charge in [0.05, 0.1) is 12.1 Å². The maximum absolute atomic E-state index is 12.4. The predicted molar refractivity (Wildman–Crippen MR) is 118 cm³/mol. The van der Waals surface area contributed by atoms with Crippen LogP contribution in [-0.2, 0) is 20.8 Å². The molecule has 0 radical (unpaired) electrons. The number of rotatable bonds is 5. The molecule has 1 fully saturated rings. The fourth-order valence-corrected chi connectivity index (χ4v) is 3.75. The summed E-state index contributed by atoms with van der Waals surface area (Å²) in [5.41, 5.74) is 1.80.